The Morgan fingerprint density at radius 1 is 1.38 bits per heavy atom. The lowest BCUT2D eigenvalue weighted by atomic mass is 10.1. The molecule has 0 saturated heterocycles. The summed E-state index contributed by atoms with van der Waals surface area (Å²) >= 11 is 6.10. The molecular weight excluding hydrogens is 334 g/mol. The average Bonchev–Trinajstić information content (AvgIpc) is 3.10. The third-order valence-corrected chi connectivity index (χ3v) is 4.07. The van der Waals surface area contributed by atoms with Gasteiger partial charge in [0.05, 0.1) is 18.4 Å². The fraction of sp³-hybridized carbons (Fsp3) is 0.294. The van der Waals surface area contributed by atoms with Gasteiger partial charge >= 0.3 is 5.97 Å². The van der Waals surface area contributed by atoms with Crippen molar-refractivity contribution in [1.29, 1.82) is 0 Å². The fourth-order valence-corrected chi connectivity index (χ4v) is 3.08. The van der Waals surface area contributed by atoms with Gasteiger partial charge in [-0.3, -0.25) is 9.59 Å². The van der Waals surface area contributed by atoms with E-state index in [4.69, 9.17) is 25.9 Å². The maximum atomic E-state index is 12.4. The predicted molar refractivity (Wildman–Crippen MR) is 86.6 cm³/mol. The van der Waals surface area contributed by atoms with E-state index in [0.29, 0.717) is 17.2 Å². The number of amides is 1. The number of ether oxygens (including phenoxy) is 1. The van der Waals surface area contributed by atoms with E-state index in [1.54, 1.807) is 13.0 Å². The zero-order valence-electron chi connectivity index (χ0n) is 13.0. The highest BCUT2D eigenvalue weighted by Crippen LogP contribution is 2.32. The third kappa shape index (κ3) is 3.23. The van der Waals surface area contributed by atoms with E-state index >= 15 is 0 Å². The number of hydrogen-bond acceptors (Lipinski definition) is 4. The van der Waals surface area contributed by atoms with Gasteiger partial charge in [-0.15, -0.1) is 0 Å². The number of carboxylic acids is 1. The minimum atomic E-state index is -1.06. The first-order valence-corrected chi connectivity index (χ1v) is 7.84. The van der Waals surface area contributed by atoms with Gasteiger partial charge in [0, 0.05) is 29.1 Å². The molecular formula is C17H16ClNO5. The number of aliphatic carboxylic acids is 1. The van der Waals surface area contributed by atoms with E-state index in [2.05, 4.69) is 5.32 Å². The second-order valence-corrected chi connectivity index (χ2v) is 6.06. The summed E-state index contributed by atoms with van der Waals surface area (Å²) in [6.07, 6.45) is 1.83. The Hall–Kier alpha value is -2.47. The Kier molecular flexibility index (Phi) is 4.49. The quantitative estimate of drug-likeness (QED) is 0.866. The van der Waals surface area contributed by atoms with Gasteiger partial charge in [-0.25, -0.2) is 0 Å². The molecule has 1 aliphatic rings. The highest BCUT2D eigenvalue weighted by molar-refractivity contribution is 6.30. The molecule has 0 saturated carbocycles. The van der Waals surface area contributed by atoms with Gasteiger partial charge in [0.2, 0.25) is 0 Å². The number of furan rings is 1. The Bertz CT molecular complexity index is 812. The summed E-state index contributed by atoms with van der Waals surface area (Å²) in [4.78, 5) is 23.3. The molecule has 0 bridgehead atoms. The van der Waals surface area contributed by atoms with E-state index in [1.807, 2.05) is 6.07 Å². The van der Waals surface area contributed by atoms with Crippen molar-refractivity contribution >= 4 is 23.5 Å². The van der Waals surface area contributed by atoms with Crippen molar-refractivity contribution < 1.29 is 23.8 Å². The molecule has 0 spiro atoms. The second-order valence-electron chi connectivity index (χ2n) is 5.62. The molecule has 7 heteroatoms. The standard InChI is InChI=1S/C17H16ClNO5/c1-9-8-24-13(6-14(20)21)15(9)17(22)19-7-11-5-12(18)4-10-2-3-23-16(10)11/h4-5,8H,2-3,6-7H2,1H3,(H,19,22)(H,20,21). The van der Waals surface area contributed by atoms with Crippen LogP contribution in [0.15, 0.2) is 22.8 Å². The monoisotopic (exact) mass is 349 g/mol. The zero-order chi connectivity index (χ0) is 17.3. The number of carbonyl (C=O) groups is 2. The van der Waals surface area contributed by atoms with Crippen molar-refractivity contribution in [2.24, 2.45) is 0 Å². The second kappa shape index (κ2) is 6.57. The normalized spacial score (nSPS) is 12.6. The van der Waals surface area contributed by atoms with Crippen LogP contribution in [0.1, 0.15) is 32.8 Å². The van der Waals surface area contributed by atoms with E-state index in [1.165, 1.54) is 6.26 Å². The van der Waals surface area contributed by atoms with Gasteiger partial charge in [0.25, 0.3) is 5.91 Å². The average molecular weight is 350 g/mol. The minimum Gasteiger partial charge on any atom is -0.493 e. The Morgan fingerprint density at radius 2 is 2.17 bits per heavy atom. The molecule has 2 N–H and O–H groups in total. The molecule has 3 rings (SSSR count). The zero-order valence-corrected chi connectivity index (χ0v) is 13.8. The molecule has 0 atom stereocenters. The van der Waals surface area contributed by atoms with Gasteiger partial charge in [-0.1, -0.05) is 11.6 Å². The smallest absolute Gasteiger partial charge is 0.311 e. The summed E-state index contributed by atoms with van der Waals surface area (Å²) in [6.45, 7) is 2.53. The van der Waals surface area contributed by atoms with Gasteiger partial charge in [-0.05, 0) is 24.6 Å². The summed E-state index contributed by atoms with van der Waals surface area (Å²) in [6, 6.07) is 3.62. The van der Waals surface area contributed by atoms with Crippen molar-refractivity contribution in [1.82, 2.24) is 5.32 Å². The molecule has 0 radical (unpaired) electrons. The Labute approximate surface area is 143 Å². The first-order valence-electron chi connectivity index (χ1n) is 7.46. The van der Waals surface area contributed by atoms with E-state index in [9.17, 15) is 9.59 Å². The van der Waals surface area contributed by atoms with Gasteiger partial charge in [0.15, 0.2) is 0 Å². The Morgan fingerprint density at radius 3 is 2.92 bits per heavy atom. The highest BCUT2D eigenvalue weighted by Gasteiger charge is 2.22. The number of aryl methyl sites for hydroxylation is 1. The first kappa shape index (κ1) is 16.4. The van der Waals surface area contributed by atoms with Crippen molar-refractivity contribution in [3.8, 4) is 5.75 Å². The molecule has 2 aromatic rings. The molecule has 0 fully saturated rings. The number of hydrogen-bond donors (Lipinski definition) is 2. The summed E-state index contributed by atoms with van der Waals surface area (Å²) < 4.78 is 10.8. The summed E-state index contributed by atoms with van der Waals surface area (Å²) in [5, 5.41) is 12.3. The fourth-order valence-electron chi connectivity index (χ4n) is 2.81. The van der Waals surface area contributed by atoms with Gasteiger partial charge in [0.1, 0.15) is 17.9 Å². The van der Waals surface area contributed by atoms with Crippen molar-refractivity contribution in [3.63, 3.8) is 0 Å². The number of benzene rings is 1. The summed E-state index contributed by atoms with van der Waals surface area (Å²) in [5.41, 5.74) is 2.68. The lowest BCUT2D eigenvalue weighted by Crippen LogP contribution is -2.24. The topological polar surface area (TPSA) is 88.8 Å². The summed E-state index contributed by atoms with van der Waals surface area (Å²) in [7, 11) is 0. The molecule has 126 valence electrons. The van der Waals surface area contributed by atoms with Crippen LogP contribution in [0.5, 0.6) is 5.75 Å². The maximum Gasteiger partial charge on any atom is 0.311 e. The molecule has 6 nitrogen and oxygen atoms in total. The molecule has 1 amide bonds. The van der Waals surface area contributed by atoms with E-state index < -0.39 is 5.97 Å². The largest absolute Gasteiger partial charge is 0.493 e. The van der Waals surface area contributed by atoms with E-state index in [-0.39, 0.29) is 30.2 Å². The molecule has 1 aromatic carbocycles. The van der Waals surface area contributed by atoms with Crippen LogP contribution in [-0.2, 0) is 24.2 Å². The molecule has 1 aliphatic heterocycles. The Balaban J connectivity index is 1.78. The van der Waals surface area contributed by atoms with E-state index in [0.717, 1.165) is 23.3 Å². The van der Waals surface area contributed by atoms with Crippen LogP contribution in [0.25, 0.3) is 0 Å². The number of carboxylic acid groups (broad SMARTS) is 1. The van der Waals surface area contributed by atoms with Crippen LogP contribution in [0, 0.1) is 6.92 Å². The summed E-state index contributed by atoms with van der Waals surface area (Å²) in [5.74, 6) is -0.539. The molecule has 2 heterocycles. The number of fused-ring (bicyclic) bond motifs is 1. The first-order chi connectivity index (χ1) is 11.5. The SMILES string of the molecule is Cc1coc(CC(=O)O)c1C(=O)NCc1cc(Cl)cc2c1OCC2. The molecule has 1 aromatic heterocycles. The van der Waals surface area contributed by atoms with Crippen LogP contribution in [-0.4, -0.2) is 23.6 Å². The van der Waals surface area contributed by atoms with Crippen molar-refractivity contribution in [2.75, 3.05) is 6.61 Å². The predicted octanol–water partition coefficient (Wildman–Crippen LogP) is 2.73. The highest BCUT2D eigenvalue weighted by atomic mass is 35.5. The van der Waals surface area contributed by atoms with Crippen LogP contribution < -0.4 is 10.1 Å². The van der Waals surface area contributed by atoms with Gasteiger partial charge < -0.3 is 19.6 Å². The van der Waals surface area contributed by atoms with Crippen molar-refractivity contribution in [2.45, 2.75) is 26.3 Å². The van der Waals surface area contributed by atoms with Crippen LogP contribution in [0.2, 0.25) is 5.02 Å². The van der Waals surface area contributed by atoms with Crippen LogP contribution >= 0.6 is 11.6 Å². The van der Waals surface area contributed by atoms with Gasteiger partial charge in [-0.2, -0.15) is 0 Å². The number of nitrogens with one attached hydrogen (secondary N) is 1. The minimum absolute atomic E-state index is 0.144. The molecule has 0 unspecified atom stereocenters. The number of halogens is 1. The number of carbonyl (C=O) groups excluding carboxylic acids is 1. The van der Waals surface area contributed by atoms with Crippen molar-refractivity contribution in [3.05, 3.63) is 51.4 Å². The number of rotatable bonds is 5. The maximum absolute atomic E-state index is 12.4. The lowest BCUT2D eigenvalue weighted by molar-refractivity contribution is -0.136. The van der Waals surface area contributed by atoms with Crippen LogP contribution in [0.4, 0.5) is 0 Å². The van der Waals surface area contributed by atoms with Crippen LogP contribution in [0.3, 0.4) is 0 Å². The molecule has 24 heavy (non-hydrogen) atoms. The molecule has 0 aliphatic carbocycles. The third-order valence-electron chi connectivity index (χ3n) is 3.85. The lowest BCUT2D eigenvalue weighted by Gasteiger charge is -2.11.